The molecule has 1 N–H and O–H groups in total. The van der Waals surface area contributed by atoms with Gasteiger partial charge in [0.1, 0.15) is 0 Å². The second kappa shape index (κ2) is 6.23. The van der Waals surface area contributed by atoms with Crippen molar-refractivity contribution in [1.82, 2.24) is 24.8 Å². The Morgan fingerprint density at radius 3 is 2.70 bits per heavy atom. The molecule has 3 heterocycles. The number of nitrogens with zero attached hydrogens (tertiary/aromatic N) is 4. The van der Waals surface area contributed by atoms with Gasteiger partial charge in [0.2, 0.25) is 0 Å². The Hall–Kier alpha value is -2.61. The highest BCUT2D eigenvalue weighted by atomic mass is 35.5. The zero-order valence-corrected chi connectivity index (χ0v) is 15.3. The third-order valence-electron chi connectivity index (χ3n) is 4.38. The maximum atomic E-state index is 13.8. The Morgan fingerprint density at radius 2 is 2.00 bits per heavy atom. The number of H-pyrrole nitrogens is 1. The Kier molecular flexibility index (Phi) is 4.10. The van der Waals surface area contributed by atoms with Crippen molar-refractivity contribution in [2.24, 2.45) is 0 Å². The number of nitrogens with one attached hydrogen (secondary N) is 1. The van der Waals surface area contributed by atoms with E-state index in [9.17, 15) is 13.2 Å². The first kappa shape index (κ1) is 17.8. The Labute approximate surface area is 157 Å². The fourth-order valence-corrected chi connectivity index (χ4v) is 3.47. The van der Waals surface area contributed by atoms with Crippen LogP contribution in [0.15, 0.2) is 24.4 Å². The van der Waals surface area contributed by atoms with Gasteiger partial charge in [-0.1, -0.05) is 18.5 Å². The quantitative estimate of drug-likeness (QED) is 0.520. The Morgan fingerprint density at radius 1 is 1.22 bits per heavy atom. The van der Waals surface area contributed by atoms with Gasteiger partial charge < -0.3 is 0 Å². The average molecular weight is 394 g/mol. The molecule has 5 nitrogen and oxygen atoms in total. The van der Waals surface area contributed by atoms with E-state index in [1.807, 2.05) is 6.92 Å². The summed E-state index contributed by atoms with van der Waals surface area (Å²) in [6, 6.07) is 4.22. The van der Waals surface area contributed by atoms with Crippen LogP contribution in [0.2, 0.25) is 5.02 Å². The van der Waals surface area contributed by atoms with Gasteiger partial charge in [-0.05, 0) is 37.1 Å². The number of hydrogen-bond acceptors (Lipinski definition) is 3. The molecular weight excluding hydrogens is 379 g/mol. The molecule has 0 saturated heterocycles. The minimum atomic E-state index is -4.55. The smallest absolute Gasteiger partial charge is 0.276 e. The van der Waals surface area contributed by atoms with E-state index in [0.29, 0.717) is 39.9 Å². The molecule has 0 atom stereocenters. The van der Waals surface area contributed by atoms with Gasteiger partial charge in [-0.25, -0.2) is 9.50 Å². The third-order valence-corrected chi connectivity index (χ3v) is 4.68. The molecular formula is C18H15ClF3N5. The number of benzene rings is 1. The summed E-state index contributed by atoms with van der Waals surface area (Å²) in [6.45, 7) is 3.57. The maximum absolute atomic E-state index is 13.8. The normalized spacial score (nSPS) is 12.4. The summed E-state index contributed by atoms with van der Waals surface area (Å²) in [5.41, 5.74) is 0.838. The Bertz CT molecular complexity index is 1160. The first-order valence-electron chi connectivity index (χ1n) is 8.39. The molecule has 0 radical (unpaired) electrons. The van der Waals surface area contributed by atoms with Gasteiger partial charge in [-0.2, -0.15) is 23.4 Å². The SMILES string of the molecule is CCCc1nc2c(C)cc(C(F)(F)F)c(-c3cc(Cl)c4[nH]ncc4c3)n2n1. The number of aromatic nitrogens is 5. The summed E-state index contributed by atoms with van der Waals surface area (Å²) in [4.78, 5) is 4.42. The van der Waals surface area contributed by atoms with Gasteiger partial charge in [0, 0.05) is 17.4 Å². The van der Waals surface area contributed by atoms with Crippen LogP contribution < -0.4 is 0 Å². The van der Waals surface area contributed by atoms with Gasteiger partial charge in [-0.3, -0.25) is 5.10 Å². The second-order valence-electron chi connectivity index (χ2n) is 6.39. The summed E-state index contributed by atoms with van der Waals surface area (Å²) in [5.74, 6) is 0.511. The summed E-state index contributed by atoms with van der Waals surface area (Å²) < 4.78 is 42.8. The standard InChI is InChI=1S/C18H15ClF3N5/c1-3-4-14-24-17-9(2)5-12(18(20,21)22)16(27(17)26-14)10-6-11-8-23-25-15(11)13(19)7-10/h5-8H,3-4H2,1-2H3,(H,23,25). The monoisotopic (exact) mass is 393 g/mol. The largest absolute Gasteiger partial charge is 0.418 e. The van der Waals surface area contributed by atoms with Crippen LogP contribution in [0.4, 0.5) is 13.2 Å². The number of rotatable bonds is 3. The molecule has 0 unspecified atom stereocenters. The highest BCUT2D eigenvalue weighted by molar-refractivity contribution is 6.35. The van der Waals surface area contributed by atoms with Gasteiger partial charge in [0.15, 0.2) is 11.5 Å². The van der Waals surface area contributed by atoms with Crippen LogP contribution in [-0.4, -0.2) is 24.8 Å². The van der Waals surface area contributed by atoms with Crippen LogP contribution in [0, 0.1) is 6.92 Å². The molecule has 4 aromatic rings. The van der Waals surface area contributed by atoms with Crippen LogP contribution in [0.5, 0.6) is 0 Å². The lowest BCUT2D eigenvalue weighted by Gasteiger charge is -2.16. The molecule has 0 amide bonds. The second-order valence-corrected chi connectivity index (χ2v) is 6.80. The number of fused-ring (bicyclic) bond motifs is 2. The lowest BCUT2D eigenvalue weighted by molar-refractivity contribution is -0.137. The summed E-state index contributed by atoms with van der Waals surface area (Å²) >= 11 is 6.26. The maximum Gasteiger partial charge on any atom is 0.418 e. The molecule has 1 aromatic carbocycles. The van der Waals surface area contributed by atoms with Gasteiger partial charge in [0.25, 0.3) is 0 Å². The van der Waals surface area contributed by atoms with E-state index in [0.717, 1.165) is 12.5 Å². The van der Waals surface area contributed by atoms with E-state index in [1.54, 1.807) is 13.0 Å². The van der Waals surface area contributed by atoms with Crippen molar-refractivity contribution >= 4 is 28.2 Å². The van der Waals surface area contributed by atoms with Crippen molar-refractivity contribution in [3.63, 3.8) is 0 Å². The lowest BCUT2D eigenvalue weighted by atomic mass is 10.0. The van der Waals surface area contributed by atoms with Crippen LogP contribution in [0.1, 0.15) is 30.3 Å². The number of aromatic amines is 1. The fourth-order valence-electron chi connectivity index (χ4n) is 3.20. The first-order valence-corrected chi connectivity index (χ1v) is 8.77. The van der Waals surface area contributed by atoms with Crippen LogP contribution in [-0.2, 0) is 12.6 Å². The van der Waals surface area contributed by atoms with Crippen LogP contribution in [0.25, 0.3) is 27.8 Å². The first-order chi connectivity index (χ1) is 12.8. The molecule has 0 bridgehead atoms. The summed E-state index contributed by atoms with van der Waals surface area (Å²) in [7, 11) is 0. The van der Waals surface area contributed by atoms with Gasteiger partial charge in [0.05, 0.1) is 28.0 Å². The molecule has 140 valence electrons. The number of halogens is 4. The third kappa shape index (κ3) is 2.93. The predicted molar refractivity (Wildman–Crippen MR) is 96.8 cm³/mol. The summed E-state index contributed by atoms with van der Waals surface area (Å²) in [6.07, 6.45) is -1.65. The highest BCUT2D eigenvalue weighted by Gasteiger charge is 2.36. The fraction of sp³-hybridized carbons (Fsp3) is 0.278. The minimum Gasteiger partial charge on any atom is -0.276 e. The molecule has 4 rings (SSSR count). The highest BCUT2D eigenvalue weighted by Crippen LogP contribution is 2.40. The zero-order chi connectivity index (χ0) is 19.3. The van der Waals surface area contributed by atoms with Gasteiger partial charge >= 0.3 is 6.18 Å². The van der Waals surface area contributed by atoms with Crippen molar-refractivity contribution in [3.8, 4) is 11.3 Å². The van der Waals surface area contributed by atoms with E-state index < -0.39 is 11.7 Å². The average Bonchev–Trinajstić information content (AvgIpc) is 3.21. The number of pyridine rings is 1. The molecule has 0 aliphatic carbocycles. The molecule has 27 heavy (non-hydrogen) atoms. The number of aryl methyl sites for hydroxylation is 2. The zero-order valence-electron chi connectivity index (χ0n) is 14.5. The molecule has 0 saturated carbocycles. The summed E-state index contributed by atoms with van der Waals surface area (Å²) in [5, 5.41) is 11.9. The van der Waals surface area contributed by atoms with Crippen molar-refractivity contribution < 1.29 is 13.2 Å². The van der Waals surface area contributed by atoms with E-state index in [1.165, 1.54) is 16.8 Å². The molecule has 0 aliphatic heterocycles. The van der Waals surface area contributed by atoms with Gasteiger partial charge in [-0.15, -0.1) is 0 Å². The lowest BCUT2D eigenvalue weighted by Crippen LogP contribution is -2.12. The van der Waals surface area contributed by atoms with Crippen molar-refractivity contribution in [3.05, 3.63) is 46.4 Å². The Balaban J connectivity index is 2.10. The molecule has 0 spiro atoms. The van der Waals surface area contributed by atoms with Crippen molar-refractivity contribution in [2.45, 2.75) is 32.9 Å². The van der Waals surface area contributed by atoms with Crippen LogP contribution in [0.3, 0.4) is 0 Å². The minimum absolute atomic E-state index is 0.0806. The number of alkyl halides is 3. The topological polar surface area (TPSA) is 58.9 Å². The van der Waals surface area contributed by atoms with Crippen molar-refractivity contribution in [1.29, 1.82) is 0 Å². The van der Waals surface area contributed by atoms with Crippen LogP contribution >= 0.6 is 11.6 Å². The van der Waals surface area contributed by atoms with E-state index in [4.69, 9.17) is 11.6 Å². The van der Waals surface area contributed by atoms with E-state index >= 15 is 0 Å². The number of hydrogen-bond donors (Lipinski definition) is 1. The van der Waals surface area contributed by atoms with E-state index in [2.05, 4.69) is 20.3 Å². The molecule has 9 heteroatoms. The van der Waals surface area contributed by atoms with Crippen molar-refractivity contribution in [2.75, 3.05) is 0 Å². The predicted octanol–water partition coefficient (Wildman–Crippen LogP) is 5.21. The van der Waals surface area contributed by atoms with E-state index in [-0.39, 0.29) is 10.7 Å². The molecule has 0 aliphatic rings. The molecule has 3 aromatic heterocycles. The molecule has 0 fully saturated rings.